The molecule has 218 valence electrons. The molecule has 3 aromatic rings. The third kappa shape index (κ3) is 9.88. The number of nitrogens with zero attached hydrogens (tertiary/aromatic N) is 1. The average molecular weight is 605 g/mol. The Kier molecular flexibility index (Phi) is 11.0. The van der Waals surface area contributed by atoms with E-state index < -0.39 is 11.2 Å². The highest BCUT2D eigenvalue weighted by molar-refractivity contribution is 6.31. The second kappa shape index (κ2) is 14.7. The van der Waals surface area contributed by atoms with E-state index in [0.717, 1.165) is 36.8 Å². The Balaban J connectivity index is 0.000000208. The van der Waals surface area contributed by atoms with Crippen LogP contribution in [0.4, 0.5) is 0 Å². The summed E-state index contributed by atoms with van der Waals surface area (Å²) < 4.78 is 0. The summed E-state index contributed by atoms with van der Waals surface area (Å²) in [6, 6.07) is 19.7. The van der Waals surface area contributed by atoms with Gasteiger partial charge in [-0.25, -0.2) is 0 Å². The van der Waals surface area contributed by atoms with Gasteiger partial charge in [-0.05, 0) is 87.1 Å². The molecule has 5 rings (SSSR count). The first-order valence-corrected chi connectivity index (χ1v) is 14.9. The fraction of sp³-hybridized carbons (Fsp3) is 0.353. The fourth-order valence-corrected chi connectivity index (χ4v) is 5.54. The Morgan fingerprint density at radius 3 is 2.00 bits per heavy atom. The third-order valence-electron chi connectivity index (χ3n) is 7.25. The maximum absolute atomic E-state index is 12.2. The summed E-state index contributed by atoms with van der Waals surface area (Å²) in [5, 5.41) is 25.3. The number of hydrogen-bond acceptors (Lipinski definition) is 5. The second-order valence-corrected chi connectivity index (χ2v) is 11.8. The molecule has 2 saturated carbocycles. The van der Waals surface area contributed by atoms with Gasteiger partial charge in [0.25, 0.3) is 5.91 Å². The summed E-state index contributed by atoms with van der Waals surface area (Å²) in [6.07, 6.45) is 7.36. The summed E-state index contributed by atoms with van der Waals surface area (Å²) in [5.41, 5.74) is 5.78. The zero-order valence-corrected chi connectivity index (χ0v) is 24.8. The van der Waals surface area contributed by atoms with Crippen molar-refractivity contribution in [1.29, 1.82) is 0 Å². The third-order valence-corrected chi connectivity index (χ3v) is 7.72. The first-order valence-electron chi connectivity index (χ1n) is 14.1. The molecule has 5 N–H and O–H groups in total. The van der Waals surface area contributed by atoms with E-state index in [1.165, 1.54) is 0 Å². The Morgan fingerprint density at radius 1 is 0.857 bits per heavy atom. The topological polar surface area (TPSA) is 108 Å². The van der Waals surface area contributed by atoms with Crippen LogP contribution in [0.1, 0.15) is 73.0 Å². The zero-order valence-electron chi connectivity index (χ0n) is 23.3. The van der Waals surface area contributed by atoms with Crippen LogP contribution in [-0.4, -0.2) is 44.4 Å². The molecule has 1 amide bonds. The van der Waals surface area contributed by atoms with Crippen LogP contribution in [-0.2, 0) is 0 Å². The highest BCUT2D eigenvalue weighted by atomic mass is 35.5. The number of halogens is 2. The lowest BCUT2D eigenvalue weighted by Gasteiger charge is -2.33. The number of rotatable bonds is 2. The van der Waals surface area contributed by atoms with Crippen LogP contribution in [0.15, 0.2) is 72.9 Å². The van der Waals surface area contributed by atoms with Gasteiger partial charge >= 0.3 is 0 Å². The van der Waals surface area contributed by atoms with Gasteiger partial charge in [-0.3, -0.25) is 9.78 Å². The van der Waals surface area contributed by atoms with Crippen molar-refractivity contribution in [3.63, 3.8) is 0 Å². The van der Waals surface area contributed by atoms with Crippen LogP contribution in [0.2, 0.25) is 10.0 Å². The van der Waals surface area contributed by atoms with Crippen molar-refractivity contribution >= 4 is 29.1 Å². The van der Waals surface area contributed by atoms with Crippen molar-refractivity contribution < 1.29 is 15.0 Å². The molecule has 0 unspecified atom stereocenters. The number of benzene rings is 2. The van der Waals surface area contributed by atoms with Crippen LogP contribution in [0, 0.1) is 23.7 Å². The molecule has 0 aliphatic heterocycles. The van der Waals surface area contributed by atoms with Crippen LogP contribution < -0.4 is 11.1 Å². The molecule has 0 spiro atoms. The van der Waals surface area contributed by atoms with E-state index in [-0.39, 0.29) is 18.0 Å². The molecule has 8 heteroatoms. The van der Waals surface area contributed by atoms with E-state index in [0.29, 0.717) is 41.4 Å². The highest BCUT2D eigenvalue weighted by Crippen LogP contribution is 2.29. The zero-order chi connectivity index (χ0) is 30.0. The number of hydrogen-bond donors (Lipinski definition) is 4. The Labute approximate surface area is 257 Å². The quantitative estimate of drug-likeness (QED) is 0.289. The predicted octanol–water partition coefficient (Wildman–Crippen LogP) is 5.51. The Morgan fingerprint density at radius 2 is 1.45 bits per heavy atom. The van der Waals surface area contributed by atoms with Gasteiger partial charge in [0.15, 0.2) is 0 Å². The predicted molar refractivity (Wildman–Crippen MR) is 167 cm³/mol. The van der Waals surface area contributed by atoms with Gasteiger partial charge in [-0.2, -0.15) is 0 Å². The van der Waals surface area contributed by atoms with E-state index in [2.05, 4.69) is 34.0 Å². The van der Waals surface area contributed by atoms with Gasteiger partial charge in [0.05, 0.1) is 0 Å². The standard InChI is InChI=1S/C20H19ClN2O2.C14H16ClNO/c21-16-6-3-5-15(13-16)9-11-20(25)10-4-7-17(14-20)23-19(24)18-8-1-2-12-22-18;15-12-4-1-3-11(9-12)6-8-14(17)7-2-5-13(16)10-14/h1-3,5-6,8,12-13,17,25H,4,7,10,14H2,(H,23,24);1,3-4,9,13,17H,2,5,7,10,16H2/t17-,20+;13-,14+/m10/s1. The van der Waals surface area contributed by atoms with E-state index in [9.17, 15) is 15.0 Å². The maximum atomic E-state index is 12.2. The van der Waals surface area contributed by atoms with Crippen LogP contribution >= 0.6 is 23.2 Å². The number of carbonyl (C=O) groups is 1. The fourth-order valence-electron chi connectivity index (χ4n) is 5.16. The first kappa shape index (κ1) is 31.6. The summed E-state index contributed by atoms with van der Waals surface area (Å²) in [7, 11) is 0. The van der Waals surface area contributed by atoms with Crippen LogP contribution in [0.3, 0.4) is 0 Å². The van der Waals surface area contributed by atoms with E-state index in [4.69, 9.17) is 28.9 Å². The minimum Gasteiger partial charge on any atom is -0.378 e. The summed E-state index contributed by atoms with van der Waals surface area (Å²) in [6.45, 7) is 0. The number of pyridine rings is 1. The van der Waals surface area contributed by atoms with Crippen molar-refractivity contribution in [2.45, 2.75) is 74.7 Å². The van der Waals surface area contributed by atoms with Crippen LogP contribution in [0.5, 0.6) is 0 Å². The largest absolute Gasteiger partial charge is 0.378 e. The molecule has 4 atom stereocenters. The van der Waals surface area contributed by atoms with Crippen molar-refractivity contribution in [2.75, 3.05) is 0 Å². The minimum atomic E-state index is -1.11. The lowest BCUT2D eigenvalue weighted by Crippen LogP contribution is -2.45. The van der Waals surface area contributed by atoms with Gasteiger partial charge in [0, 0.05) is 52.3 Å². The Hall–Kier alpha value is -3.36. The van der Waals surface area contributed by atoms with Gasteiger partial charge < -0.3 is 21.3 Å². The number of amides is 1. The molecule has 2 aromatic carbocycles. The van der Waals surface area contributed by atoms with E-state index in [1.54, 1.807) is 48.7 Å². The van der Waals surface area contributed by atoms with E-state index in [1.807, 2.05) is 24.3 Å². The average Bonchev–Trinajstić information content (AvgIpc) is 2.96. The molecule has 2 fully saturated rings. The van der Waals surface area contributed by atoms with Crippen molar-refractivity contribution in [3.05, 3.63) is 99.8 Å². The number of aromatic nitrogens is 1. The molecular weight excluding hydrogens is 569 g/mol. The van der Waals surface area contributed by atoms with Crippen LogP contribution in [0.25, 0.3) is 0 Å². The van der Waals surface area contributed by atoms with E-state index >= 15 is 0 Å². The van der Waals surface area contributed by atoms with Crippen molar-refractivity contribution in [3.8, 4) is 23.7 Å². The number of nitrogens with one attached hydrogen (secondary N) is 1. The summed E-state index contributed by atoms with van der Waals surface area (Å²) in [4.78, 5) is 16.3. The molecule has 1 heterocycles. The molecule has 42 heavy (non-hydrogen) atoms. The molecular formula is C34H35Cl2N3O3. The molecule has 2 aliphatic rings. The monoisotopic (exact) mass is 603 g/mol. The molecule has 1 aromatic heterocycles. The molecule has 0 radical (unpaired) electrons. The number of aliphatic hydroxyl groups is 2. The lowest BCUT2D eigenvalue weighted by atomic mass is 9.82. The van der Waals surface area contributed by atoms with Gasteiger partial charge in [0.1, 0.15) is 16.9 Å². The van der Waals surface area contributed by atoms with Gasteiger partial charge in [-0.1, -0.05) is 65.1 Å². The van der Waals surface area contributed by atoms with Crippen molar-refractivity contribution in [1.82, 2.24) is 10.3 Å². The number of nitrogens with two attached hydrogens (primary N) is 1. The Bertz CT molecular complexity index is 1490. The minimum absolute atomic E-state index is 0.0578. The lowest BCUT2D eigenvalue weighted by molar-refractivity contribution is 0.0451. The first-order chi connectivity index (χ1) is 20.1. The summed E-state index contributed by atoms with van der Waals surface area (Å²) in [5.74, 6) is 11.6. The molecule has 2 aliphatic carbocycles. The van der Waals surface area contributed by atoms with Gasteiger partial charge in [0.2, 0.25) is 0 Å². The smallest absolute Gasteiger partial charge is 0.270 e. The molecule has 0 saturated heterocycles. The molecule has 6 nitrogen and oxygen atoms in total. The maximum Gasteiger partial charge on any atom is 0.270 e. The van der Waals surface area contributed by atoms with Crippen molar-refractivity contribution in [2.24, 2.45) is 5.73 Å². The van der Waals surface area contributed by atoms with Gasteiger partial charge in [-0.15, -0.1) is 0 Å². The highest BCUT2D eigenvalue weighted by Gasteiger charge is 2.34. The number of carbonyl (C=O) groups excluding carboxylic acids is 1. The normalized spacial score (nSPS) is 24.9. The second-order valence-electron chi connectivity index (χ2n) is 10.9. The SMILES string of the molecule is N[C@H]1CCC[C@@](O)(C#Cc2cccc(Cl)c2)C1.O=C(N[C@@H]1CCC[C@](O)(C#Cc2cccc(Cl)c2)C1)c1ccccn1. The molecule has 0 bridgehead atoms. The summed E-state index contributed by atoms with van der Waals surface area (Å²) >= 11 is 11.8.